The molecule has 112 valence electrons. The van der Waals surface area contributed by atoms with Gasteiger partial charge in [-0.05, 0) is 25.6 Å². The highest BCUT2D eigenvalue weighted by molar-refractivity contribution is 5.80. The first kappa shape index (κ1) is 16.4. The second-order valence-electron chi connectivity index (χ2n) is 4.50. The van der Waals surface area contributed by atoms with E-state index >= 15 is 0 Å². The number of para-hydroxylation sites is 1. The third kappa shape index (κ3) is 3.90. The van der Waals surface area contributed by atoms with Gasteiger partial charge in [-0.3, -0.25) is 4.79 Å². The molecule has 1 atom stereocenters. The summed E-state index contributed by atoms with van der Waals surface area (Å²) in [7, 11) is 1.29. The normalized spacial score (nSPS) is 13.7. The first-order chi connectivity index (χ1) is 9.44. The summed E-state index contributed by atoms with van der Waals surface area (Å²) in [4.78, 5) is 11.7. The van der Waals surface area contributed by atoms with Crippen LogP contribution in [0.1, 0.15) is 20.3 Å². The van der Waals surface area contributed by atoms with E-state index in [0.29, 0.717) is 6.54 Å². The number of esters is 1. The van der Waals surface area contributed by atoms with E-state index in [-0.39, 0.29) is 13.0 Å². The van der Waals surface area contributed by atoms with E-state index in [1.54, 1.807) is 6.92 Å². The van der Waals surface area contributed by atoms with Crippen molar-refractivity contribution in [1.29, 1.82) is 0 Å². The molecule has 0 saturated carbocycles. The number of methoxy groups -OCH3 is 1. The molecule has 0 radical (unpaired) electrons. The molecule has 0 aromatic heterocycles. The van der Waals surface area contributed by atoms with Crippen molar-refractivity contribution in [2.45, 2.75) is 25.8 Å². The lowest BCUT2D eigenvalue weighted by Gasteiger charge is -2.27. The monoisotopic (exact) mass is 287 g/mol. The van der Waals surface area contributed by atoms with Crippen LogP contribution >= 0.6 is 0 Å². The van der Waals surface area contributed by atoms with E-state index in [0.717, 1.165) is 12.1 Å². The molecular weight excluding hydrogens is 268 g/mol. The molecule has 0 amide bonds. The average molecular weight is 287 g/mol. The Kier molecular flexibility index (Phi) is 5.88. The number of halogens is 2. The summed E-state index contributed by atoms with van der Waals surface area (Å²) in [6.07, 6.45) is 0.223. The largest absolute Gasteiger partial charge is 0.488 e. The highest BCUT2D eigenvalue weighted by atomic mass is 19.1. The maximum Gasteiger partial charge on any atom is 0.325 e. The molecule has 4 nitrogen and oxygen atoms in total. The third-order valence-electron chi connectivity index (χ3n) is 2.97. The van der Waals surface area contributed by atoms with Crippen molar-refractivity contribution >= 4 is 5.97 Å². The molecule has 1 unspecified atom stereocenters. The van der Waals surface area contributed by atoms with E-state index in [9.17, 15) is 13.6 Å². The second kappa shape index (κ2) is 7.19. The maximum atomic E-state index is 13.4. The zero-order chi connectivity index (χ0) is 15.2. The van der Waals surface area contributed by atoms with Crippen LogP contribution in [0.2, 0.25) is 0 Å². The van der Waals surface area contributed by atoms with Gasteiger partial charge in [0.15, 0.2) is 17.4 Å². The molecule has 0 saturated heterocycles. The quantitative estimate of drug-likeness (QED) is 0.782. The predicted molar refractivity (Wildman–Crippen MR) is 70.6 cm³/mol. The molecule has 0 aliphatic heterocycles. The smallest absolute Gasteiger partial charge is 0.325 e. The van der Waals surface area contributed by atoms with Gasteiger partial charge in [0.2, 0.25) is 0 Å². The standard InChI is InChI=1S/C14H19F2NO3/c1-4-17-14(2,13(18)19-3)8-9-20-12-10(15)6-5-7-11(12)16/h5-7,17H,4,8-9H2,1-3H3. The lowest BCUT2D eigenvalue weighted by atomic mass is 9.98. The highest BCUT2D eigenvalue weighted by Gasteiger charge is 2.33. The van der Waals surface area contributed by atoms with Crippen LogP contribution in [-0.2, 0) is 9.53 Å². The Morgan fingerprint density at radius 3 is 2.45 bits per heavy atom. The molecular formula is C14H19F2NO3. The first-order valence-corrected chi connectivity index (χ1v) is 6.35. The minimum Gasteiger partial charge on any atom is -0.488 e. The van der Waals surface area contributed by atoms with Crippen molar-refractivity contribution in [2.75, 3.05) is 20.3 Å². The zero-order valence-corrected chi connectivity index (χ0v) is 11.8. The second-order valence-corrected chi connectivity index (χ2v) is 4.50. The molecule has 0 fully saturated rings. The van der Waals surface area contributed by atoms with Crippen LogP contribution in [0.15, 0.2) is 18.2 Å². The lowest BCUT2D eigenvalue weighted by molar-refractivity contribution is -0.148. The average Bonchev–Trinajstić information content (AvgIpc) is 2.41. The summed E-state index contributed by atoms with van der Waals surface area (Å²) in [5, 5.41) is 2.98. The van der Waals surface area contributed by atoms with Crippen LogP contribution in [0.3, 0.4) is 0 Å². The molecule has 0 aliphatic carbocycles. The summed E-state index contributed by atoms with van der Waals surface area (Å²) in [5.74, 6) is -2.42. The fourth-order valence-corrected chi connectivity index (χ4v) is 1.86. The number of benzene rings is 1. The van der Waals surface area contributed by atoms with Crippen molar-refractivity contribution in [3.05, 3.63) is 29.8 Å². The van der Waals surface area contributed by atoms with Crippen molar-refractivity contribution in [3.63, 3.8) is 0 Å². The SMILES string of the molecule is CCNC(C)(CCOc1c(F)cccc1F)C(=O)OC. The minimum absolute atomic E-state index is 0.0174. The number of ether oxygens (including phenoxy) is 2. The number of hydrogen-bond donors (Lipinski definition) is 1. The Morgan fingerprint density at radius 1 is 1.35 bits per heavy atom. The topological polar surface area (TPSA) is 47.6 Å². The number of carbonyl (C=O) groups excluding carboxylic acids is 1. The van der Waals surface area contributed by atoms with Crippen molar-refractivity contribution in [2.24, 2.45) is 0 Å². The molecule has 0 spiro atoms. The van der Waals surface area contributed by atoms with E-state index < -0.39 is 28.9 Å². The van der Waals surface area contributed by atoms with Gasteiger partial charge in [0.25, 0.3) is 0 Å². The summed E-state index contributed by atoms with van der Waals surface area (Å²) in [5.41, 5.74) is -0.953. The van der Waals surface area contributed by atoms with Crippen LogP contribution in [-0.4, -0.2) is 31.8 Å². The Labute approximate surface area is 117 Å². The molecule has 6 heteroatoms. The van der Waals surface area contributed by atoms with E-state index in [1.165, 1.54) is 13.2 Å². The fourth-order valence-electron chi connectivity index (χ4n) is 1.86. The lowest BCUT2D eigenvalue weighted by Crippen LogP contribution is -2.51. The van der Waals surface area contributed by atoms with Crippen molar-refractivity contribution in [1.82, 2.24) is 5.32 Å². The molecule has 0 bridgehead atoms. The van der Waals surface area contributed by atoms with Gasteiger partial charge in [-0.25, -0.2) is 8.78 Å². The van der Waals surface area contributed by atoms with Gasteiger partial charge < -0.3 is 14.8 Å². The Hall–Kier alpha value is -1.69. The number of nitrogens with one attached hydrogen (secondary N) is 1. The third-order valence-corrected chi connectivity index (χ3v) is 2.97. The fraction of sp³-hybridized carbons (Fsp3) is 0.500. The molecule has 1 N–H and O–H groups in total. The van der Waals surface area contributed by atoms with Gasteiger partial charge >= 0.3 is 5.97 Å². The number of hydrogen-bond acceptors (Lipinski definition) is 4. The first-order valence-electron chi connectivity index (χ1n) is 6.35. The summed E-state index contributed by atoms with van der Waals surface area (Å²) < 4.78 is 36.6. The van der Waals surface area contributed by atoms with Crippen molar-refractivity contribution < 1.29 is 23.0 Å². The number of rotatable bonds is 7. The van der Waals surface area contributed by atoms with Gasteiger partial charge in [0.1, 0.15) is 5.54 Å². The Morgan fingerprint density at radius 2 is 1.95 bits per heavy atom. The van der Waals surface area contributed by atoms with E-state index in [1.807, 2.05) is 6.92 Å². The number of likely N-dealkylation sites (N-methyl/N-ethyl adjacent to an activating group) is 1. The Balaban J connectivity index is 2.68. The summed E-state index contributed by atoms with van der Waals surface area (Å²) >= 11 is 0. The van der Waals surface area contributed by atoms with Gasteiger partial charge in [0.05, 0.1) is 13.7 Å². The van der Waals surface area contributed by atoms with Crippen LogP contribution in [0.25, 0.3) is 0 Å². The van der Waals surface area contributed by atoms with Crippen molar-refractivity contribution in [3.8, 4) is 5.75 Å². The molecule has 20 heavy (non-hydrogen) atoms. The predicted octanol–water partition coefficient (Wildman–Crippen LogP) is 2.27. The van der Waals surface area contributed by atoms with Crippen LogP contribution in [0.4, 0.5) is 8.78 Å². The molecule has 0 heterocycles. The van der Waals surface area contributed by atoms with Crippen LogP contribution in [0.5, 0.6) is 5.75 Å². The van der Waals surface area contributed by atoms with Gasteiger partial charge in [-0.15, -0.1) is 0 Å². The summed E-state index contributed by atoms with van der Waals surface area (Å²) in [6, 6.07) is 3.49. The zero-order valence-electron chi connectivity index (χ0n) is 11.8. The molecule has 0 aliphatic rings. The van der Waals surface area contributed by atoms with Gasteiger partial charge in [-0.1, -0.05) is 13.0 Å². The van der Waals surface area contributed by atoms with E-state index in [4.69, 9.17) is 9.47 Å². The minimum atomic E-state index is -0.953. The van der Waals surface area contributed by atoms with Crippen LogP contribution in [0, 0.1) is 11.6 Å². The highest BCUT2D eigenvalue weighted by Crippen LogP contribution is 2.22. The molecule has 1 aromatic carbocycles. The Bertz CT molecular complexity index is 447. The van der Waals surface area contributed by atoms with Crippen LogP contribution < -0.4 is 10.1 Å². The molecule has 1 aromatic rings. The van der Waals surface area contributed by atoms with E-state index in [2.05, 4.69) is 5.32 Å². The van der Waals surface area contributed by atoms with Gasteiger partial charge in [-0.2, -0.15) is 0 Å². The number of carbonyl (C=O) groups is 1. The summed E-state index contributed by atoms with van der Waals surface area (Å²) in [6.45, 7) is 4.04. The maximum absolute atomic E-state index is 13.4. The molecule has 1 rings (SSSR count). The van der Waals surface area contributed by atoms with Gasteiger partial charge in [0, 0.05) is 6.42 Å².